The summed E-state index contributed by atoms with van der Waals surface area (Å²) in [5.74, 6) is -0.678. The topological polar surface area (TPSA) is 107 Å². The molecule has 26 heavy (non-hydrogen) atoms. The van der Waals surface area contributed by atoms with Gasteiger partial charge in [0.2, 0.25) is 5.75 Å². The Morgan fingerprint density at radius 3 is 2.23 bits per heavy atom. The fraction of sp³-hybridized carbons (Fsp3) is 0.500. The Bertz CT molecular complexity index is 710. The maximum Gasteiger partial charge on any atom is 0.342 e. The summed E-state index contributed by atoms with van der Waals surface area (Å²) < 4.78 is 20.6. The summed E-state index contributed by atoms with van der Waals surface area (Å²) in [7, 11) is 4.25. The molecule has 1 N–H and O–H groups in total. The van der Waals surface area contributed by atoms with Crippen molar-refractivity contribution in [3.63, 3.8) is 0 Å². The molecule has 0 spiro atoms. The number of esters is 1. The first kappa shape index (κ1) is 21.1. The highest BCUT2D eigenvalue weighted by Gasteiger charge is 2.30. The molecule has 0 aliphatic heterocycles. The first-order chi connectivity index (χ1) is 12.2. The number of rotatable bonds is 8. The number of hydrogen-bond donors (Lipinski definition) is 1. The van der Waals surface area contributed by atoms with Gasteiger partial charge in [0.15, 0.2) is 18.1 Å². The van der Waals surface area contributed by atoms with Gasteiger partial charge in [-0.3, -0.25) is 4.79 Å². The zero-order valence-corrected chi connectivity index (χ0v) is 15.8. The third-order valence-corrected chi connectivity index (χ3v) is 4.04. The molecule has 0 aromatic heterocycles. The van der Waals surface area contributed by atoms with Crippen LogP contribution in [-0.4, -0.2) is 45.4 Å². The van der Waals surface area contributed by atoms with Crippen molar-refractivity contribution >= 4 is 11.9 Å². The van der Waals surface area contributed by atoms with E-state index in [1.165, 1.54) is 33.5 Å². The van der Waals surface area contributed by atoms with Gasteiger partial charge in [0, 0.05) is 0 Å². The van der Waals surface area contributed by atoms with Crippen molar-refractivity contribution < 1.29 is 28.5 Å². The molecular weight excluding hydrogens is 340 g/mol. The standard InChI is InChI=1S/C18H24N2O6/c1-11(2)18(3,10-19)20-14(21)9-26-17(22)12-7-8-13(23-4)16(25-6)15(12)24-5/h7-8,11H,9H2,1-6H3,(H,20,21)/t18-/m0/s1. The lowest BCUT2D eigenvalue weighted by Crippen LogP contribution is -2.50. The number of carbonyl (C=O) groups is 2. The van der Waals surface area contributed by atoms with Crippen molar-refractivity contribution in [3.05, 3.63) is 17.7 Å². The van der Waals surface area contributed by atoms with Crippen LogP contribution in [0.4, 0.5) is 0 Å². The predicted octanol–water partition coefficient (Wildman–Crippen LogP) is 1.92. The minimum Gasteiger partial charge on any atom is -0.493 e. The van der Waals surface area contributed by atoms with Crippen LogP contribution in [-0.2, 0) is 9.53 Å². The van der Waals surface area contributed by atoms with Gasteiger partial charge in [0.25, 0.3) is 5.91 Å². The molecule has 0 radical (unpaired) electrons. The molecule has 0 unspecified atom stereocenters. The molecule has 1 aromatic carbocycles. The quantitative estimate of drug-likeness (QED) is 0.702. The summed E-state index contributed by atoms with van der Waals surface area (Å²) in [5, 5.41) is 11.8. The number of carbonyl (C=O) groups excluding carboxylic acids is 2. The van der Waals surface area contributed by atoms with Gasteiger partial charge < -0.3 is 24.3 Å². The number of hydrogen-bond acceptors (Lipinski definition) is 7. The van der Waals surface area contributed by atoms with E-state index in [1.54, 1.807) is 6.92 Å². The highest BCUT2D eigenvalue weighted by Crippen LogP contribution is 2.39. The van der Waals surface area contributed by atoms with Crippen LogP contribution in [0.3, 0.4) is 0 Å². The van der Waals surface area contributed by atoms with Gasteiger partial charge in [-0.1, -0.05) is 13.8 Å². The lowest BCUT2D eigenvalue weighted by Gasteiger charge is -2.27. The summed E-state index contributed by atoms with van der Waals surface area (Å²) in [5.41, 5.74) is -0.963. The lowest BCUT2D eigenvalue weighted by molar-refractivity contribution is -0.125. The third-order valence-electron chi connectivity index (χ3n) is 4.04. The van der Waals surface area contributed by atoms with Gasteiger partial charge in [-0.2, -0.15) is 5.26 Å². The summed E-state index contributed by atoms with van der Waals surface area (Å²) in [4.78, 5) is 24.3. The Morgan fingerprint density at radius 2 is 1.77 bits per heavy atom. The summed E-state index contributed by atoms with van der Waals surface area (Å²) >= 11 is 0. The molecule has 0 fully saturated rings. The van der Waals surface area contributed by atoms with Gasteiger partial charge in [0.05, 0.1) is 27.4 Å². The molecule has 0 heterocycles. The summed E-state index contributed by atoms with van der Waals surface area (Å²) in [6, 6.07) is 5.03. The van der Waals surface area contributed by atoms with Crippen LogP contribution in [0.1, 0.15) is 31.1 Å². The Hall–Kier alpha value is -2.95. The maximum atomic E-state index is 12.3. The van der Waals surface area contributed by atoms with Crippen LogP contribution in [0, 0.1) is 17.2 Å². The molecule has 142 valence electrons. The number of ether oxygens (including phenoxy) is 4. The molecule has 8 heteroatoms. The van der Waals surface area contributed by atoms with E-state index in [0.717, 1.165) is 0 Å². The summed E-state index contributed by atoms with van der Waals surface area (Å²) in [6.45, 7) is 4.70. The number of nitrogens with zero attached hydrogens (tertiary/aromatic N) is 1. The minimum absolute atomic E-state index is 0.0878. The van der Waals surface area contributed by atoms with Gasteiger partial charge >= 0.3 is 5.97 Å². The largest absolute Gasteiger partial charge is 0.493 e. The second kappa shape index (κ2) is 8.94. The highest BCUT2D eigenvalue weighted by molar-refractivity contribution is 5.95. The number of nitrogens with one attached hydrogen (secondary N) is 1. The maximum absolute atomic E-state index is 12.3. The normalized spacial score (nSPS) is 12.5. The van der Waals surface area contributed by atoms with Gasteiger partial charge in [-0.15, -0.1) is 0 Å². The van der Waals surface area contributed by atoms with Crippen molar-refractivity contribution in [3.8, 4) is 23.3 Å². The van der Waals surface area contributed by atoms with Crippen molar-refractivity contribution in [2.45, 2.75) is 26.3 Å². The van der Waals surface area contributed by atoms with E-state index in [9.17, 15) is 14.9 Å². The molecule has 8 nitrogen and oxygen atoms in total. The molecule has 1 atom stereocenters. The van der Waals surface area contributed by atoms with Crippen molar-refractivity contribution in [2.75, 3.05) is 27.9 Å². The monoisotopic (exact) mass is 364 g/mol. The Balaban J connectivity index is 2.90. The van der Waals surface area contributed by atoms with Crippen LogP contribution in [0.25, 0.3) is 0 Å². The molecular formula is C18H24N2O6. The van der Waals surface area contributed by atoms with E-state index in [1.807, 2.05) is 13.8 Å². The lowest BCUT2D eigenvalue weighted by atomic mass is 9.90. The smallest absolute Gasteiger partial charge is 0.342 e. The highest BCUT2D eigenvalue weighted by atomic mass is 16.5. The van der Waals surface area contributed by atoms with E-state index in [4.69, 9.17) is 18.9 Å². The van der Waals surface area contributed by atoms with Crippen molar-refractivity contribution in [1.82, 2.24) is 5.32 Å². The summed E-state index contributed by atoms with van der Waals surface area (Å²) in [6.07, 6.45) is 0. The number of methoxy groups -OCH3 is 3. The van der Waals surface area contributed by atoms with Gasteiger partial charge in [-0.05, 0) is 25.0 Å². The first-order valence-corrected chi connectivity index (χ1v) is 7.92. The van der Waals surface area contributed by atoms with Gasteiger partial charge in [0.1, 0.15) is 11.1 Å². The first-order valence-electron chi connectivity index (χ1n) is 7.92. The molecule has 1 rings (SSSR count). The molecule has 0 saturated heterocycles. The predicted molar refractivity (Wildman–Crippen MR) is 93.4 cm³/mol. The van der Waals surface area contributed by atoms with E-state index in [-0.39, 0.29) is 23.0 Å². The zero-order chi connectivity index (χ0) is 19.9. The van der Waals surface area contributed by atoms with E-state index < -0.39 is 24.0 Å². The fourth-order valence-electron chi connectivity index (χ4n) is 2.10. The number of benzene rings is 1. The van der Waals surface area contributed by atoms with Crippen LogP contribution >= 0.6 is 0 Å². The SMILES string of the molecule is COc1ccc(C(=O)OCC(=O)N[C@@](C)(C#N)C(C)C)c(OC)c1OC. The minimum atomic E-state index is -1.05. The van der Waals surface area contributed by atoms with Crippen LogP contribution < -0.4 is 19.5 Å². The van der Waals surface area contributed by atoms with E-state index in [0.29, 0.717) is 5.75 Å². The molecule has 0 saturated carbocycles. The van der Waals surface area contributed by atoms with E-state index in [2.05, 4.69) is 11.4 Å². The third kappa shape index (κ3) is 4.57. The fourth-order valence-corrected chi connectivity index (χ4v) is 2.10. The average Bonchev–Trinajstić information content (AvgIpc) is 2.64. The van der Waals surface area contributed by atoms with Crippen LogP contribution in [0.5, 0.6) is 17.2 Å². The number of amides is 1. The zero-order valence-electron chi connectivity index (χ0n) is 15.8. The number of nitriles is 1. The van der Waals surface area contributed by atoms with Crippen LogP contribution in [0.2, 0.25) is 0 Å². The van der Waals surface area contributed by atoms with Crippen molar-refractivity contribution in [2.24, 2.45) is 5.92 Å². The molecule has 1 amide bonds. The molecule has 1 aromatic rings. The second-order valence-electron chi connectivity index (χ2n) is 5.98. The molecule has 0 aliphatic rings. The molecule has 0 aliphatic carbocycles. The van der Waals surface area contributed by atoms with Gasteiger partial charge in [-0.25, -0.2) is 4.79 Å². The Labute approximate surface area is 153 Å². The second-order valence-corrected chi connectivity index (χ2v) is 5.98. The van der Waals surface area contributed by atoms with Crippen molar-refractivity contribution in [1.29, 1.82) is 5.26 Å². The van der Waals surface area contributed by atoms with Crippen LogP contribution in [0.15, 0.2) is 12.1 Å². The Kier molecular flexibility index (Phi) is 7.26. The molecule has 0 bridgehead atoms. The average molecular weight is 364 g/mol. The van der Waals surface area contributed by atoms with E-state index >= 15 is 0 Å². The Morgan fingerprint density at radius 1 is 1.15 bits per heavy atom.